The van der Waals surface area contributed by atoms with Crippen LogP contribution in [0.1, 0.15) is 41.5 Å². The van der Waals surface area contributed by atoms with Crippen molar-refractivity contribution in [3.05, 3.63) is 0 Å². The Morgan fingerprint density at radius 3 is 1.00 bits per heavy atom. The minimum Gasteiger partial charge on any atom is -0.0815 e. The Bertz CT molecular complexity index is 88.9. The quantitative estimate of drug-likeness (QED) is 0.454. The molecule has 0 heterocycles. The highest BCUT2D eigenvalue weighted by Crippen LogP contribution is 2.39. The molecule has 0 nitrogen and oxygen atoms in total. The number of hydrogen-bond donors (Lipinski definition) is 0. The lowest BCUT2D eigenvalue weighted by Crippen LogP contribution is -2.32. The Morgan fingerprint density at radius 1 is 0.800 bits per heavy atom. The van der Waals surface area contributed by atoms with Crippen molar-refractivity contribution in [2.75, 3.05) is 0 Å². The number of alkyl halides is 1. The predicted molar refractivity (Wildman–Crippen MR) is 56.7 cm³/mol. The van der Waals surface area contributed by atoms with Crippen molar-refractivity contribution in [1.29, 1.82) is 0 Å². The lowest BCUT2D eigenvalue weighted by atomic mass is 9.78. The summed E-state index contributed by atoms with van der Waals surface area (Å²) in [6.07, 6.45) is 0. The summed E-state index contributed by atoms with van der Waals surface area (Å²) in [6, 6.07) is 0. The Labute approximate surface area is 78.9 Å². The fourth-order valence-corrected chi connectivity index (χ4v) is 1.30. The maximum Gasteiger partial charge on any atom is 0.0207 e. The van der Waals surface area contributed by atoms with Gasteiger partial charge in [0.25, 0.3) is 0 Å². The van der Waals surface area contributed by atoms with E-state index in [0.717, 1.165) is 3.92 Å². The molecule has 0 bridgehead atoms. The van der Waals surface area contributed by atoms with Crippen molar-refractivity contribution >= 4 is 22.6 Å². The molecule has 0 amide bonds. The predicted octanol–water partition coefficient (Wildman–Crippen LogP) is 3.88. The lowest BCUT2D eigenvalue weighted by molar-refractivity contribution is 0.263. The second-order valence-corrected chi connectivity index (χ2v) is 6.34. The molecule has 0 atom stereocenters. The molecule has 0 aliphatic heterocycles. The third-order valence-corrected chi connectivity index (χ3v) is 5.26. The summed E-state index contributed by atoms with van der Waals surface area (Å²) in [6.45, 7) is 13.8. The summed E-state index contributed by atoms with van der Waals surface area (Å²) in [4.78, 5) is 0. The minimum absolute atomic E-state index is 0.429. The number of halogens is 1. The largest absolute Gasteiger partial charge is 0.0815 e. The Hall–Kier alpha value is 0.730. The highest BCUT2D eigenvalue weighted by Gasteiger charge is 2.31. The third-order valence-electron chi connectivity index (χ3n) is 1.52. The van der Waals surface area contributed by atoms with Gasteiger partial charge in [0.05, 0.1) is 0 Å². The van der Waals surface area contributed by atoms with Crippen molar-refractivity contribution in [3.63, 3.8) is 0 Å². The summed E-state index contributed by atoms with van der Waals surface area (Å²) >= 11 is 2.56. The van der Waals surface area contributed by atoms with Crippen LogP contribution in [0.3, 0.4) is 0 Å². The molecule has 0 fully saturated rings. The molecule has 0 spiro atoms. The first-order valence-electron chi connectivity index (χ1n) is 3.80. The van der Waals surface area contributed by atoms with Gasteiger partial charge in [-0.2, -0.15) is 0 Å². The fourth-order valence-electron chi connectivity index (χ4n) is 1.30. The van der Waals surface area contributed by atoms with Gasteiger partial charge in [-0.25, -0.2) is 0 Å². The highest BCUT2D eigenvalue weighted by molar-refractivity contribution is 14.1. The molecule has 1 heteroatoms. The highest BCUT2D eigenvalue weighted by atomic mass is 127. The third kappa shape index (κ3) is 3.22. The molecular weight excluding hydrogens is 235 g/mol. The first kappa shape index (κ1) is 10.7. The first-order valence-corrected chi connectivity index (χ1v) is 5.04. The zero-order valence-electron chi connectivity index (χ0n) is 7.96. The zero-order chi connectivity index (χ0) is 8.58. The molecule has 0 N–H and O–H groups in total. The molecule has 0 aromatic heterocycles. The van der Waals surface area contributed by atoms with E-state index in [1.165, 1.54) is 0 Å². The van der Waals surface area contributed by atoms with Crippen molar-refractivity contribution in [2.45, 2.75) is 45.5 Å². The first-order chi connectivity index (χ1) is 4.15. The van der Waals surface area contributed by atoms with Crippen LogP contribution in [0.4, 0.5) is 0 Å². The van der Waals surface area contributed by atoms with E-state index in [2.05, 4.69) is 64.1 Å². The van der Waals surface area contributed by atoms with Gasteiger partial charge in [0.1, 0.15) is 0 Å². The summed E-state index contributed by atoms with van der Waals surface area (Å²) in [5.74, 6) is 0. The Kier molecular flexibility index (Phi) is 3.22. The van der Waals surface area contributed by atoms with Crippen molar-refractivity contribution in [2.24, 2.45) is 10.8 Å². The van der Waals surface area contributed by atoms with Crippen LogP contribution in [0.2, 0.25) is 0 Å². The Morgan fingerprint density at radius 2 is 1.00 bits per heavy atom. The van der Waals surface area contributed by atoms with E-state index in [-0.39, 0.29) is 0 Å². The van der Waals surface area contributed by atoms with Gasteiger partial charge in [0.2, 0.25) is 0 Å². The van der Waals surface area contributed by atoms with Crippen molar-refractivity contribution in [1.82, 2.24) is 0 Å². The summed E-state index contributed by atoms with van der Waals surface area (Å²) < 4.78 is 0.734. The van der Waals surface area contributed by atoms with Crippen LogP contribution in [0.5, 0.6) is 0 Å². The van der Waals surface area contributed by atoms with Crippen LogP contribution in [0.15, 0.2) is 0 Å². The van der Waals surface area contributed by atoms with Gasteiger partial charge < -0.3 is 0 Å². The molecule has 0 unspecified atom stereocenters. The van der Waals surface area contributed by atoms with E-state index in [1.807, 2.05) is 0 Å². The van der Waals surface area contributed by atoms with Gasteiger partial charge in [0.15, 0.2) is 0 Å². The average molecular weight is 254 g/mol. The molecule has 62 valence electrons. The van der Waals surface area contributed by atoms with Crippen LogP contribution < -0.4 is 0 Å². The maximum atomic E-state index is 2.56. The van der Waals surface area contributed by atoms with Crippen molar-refractivity contribution < 1.29 is 0 Å². The van der Waals surface area contributed by atoms with Crippen LogP contribution >= 0.6 is 22.6 Å². The second kappa shape index (κ2) is 3.00. The normalized spacial score (nSPS) is 14.4. The Balaban J connectivity index is 4.23. The topological polar surface area (TPSA) is 0 Å². The van der Waals surface area contributed by atoms with E-state index in [1.54, 1.807) is 0 Å². The van der Waals surface area contributed by atoms with Crippen LogP contribution in [0.25, 0.3) is 0 Å². The monoisotopic (exact) mass is 254 g/mol. The van der Waals surface area contributed by atoms with Gasteiger partial charge in [-0.05, 0) is 10.8 Å². The van der Waals surface area contributed by atoms with Crippen LogP contribution in [-0.2, 0) is 0 Å². The molecule has 0 aromatic carbocycles. The molecule has 10 heavy (non-hydrogen) atoms. The van der Waals surface area contributed by atoms with E-state index < -0.39 is 0 Å². The van der Waals surface area contributed by atoms with E-state index in [4.69, 9.17) is 0 Å². The van der Waals surface area contributed by atoms with Gasteiger partial charge >= 0.3 is 0 Å². The van der Waals surface area contributed by atoms with Crippen LogP contribution in [-0.4, -0.2) is 3.92 Å². The fraction of sp³-hybridized carbons (Fsp3) is 1.00. The van der Waals surface area contributed by atoms with Crippen LogP contribution in [0, 0.1) is 10.8 Å². The van der Waals surface area contributed by atoms with Gasteiger partial charge in [0, 0.05) is 3.92 Å². The van der Waals surface area contributed by atoms with Gasteiger partial charge in [-0.3, -0.25) is 0 Å². The molecule has 0 aromatic rings. The minimum atomic E-state index is 0.429. The molecule has 0 saturated heterocycles. The van der Waals surface area contributed by atoms with Crippen molar-refractivity contribution in [3.8, 4) is 0 Å². The molecule has 0 aliphatic rings. The standard InChI is InChI=1S/C9H19I/c1-8(2,3)7(10)9(4,5)6/h7H,1-6H3. The van der Waals surface area contributed by atoms with E-state index in [0.29, 0.717) is 10.8 Å². The van der Waals surface area contributed by atoms with Gasteiger partial charge in [-0.1, -0.05) is 64.1 Å². The number of rotatable bonds is 0. The summed E-state index contributed by atoms with van der Waals surface area (Å²) in [5.41, 5.74) is 0.859. The molecular formula is C9H19I. The zero-order valence-corrected chi connectivity index (χ0v) is 10.1. The molecule has 0 saturated carbocycles. The molecule has 0 aliphatic carbocycles. The molecule has 0 rings (SSSR count). The van der Waals surface area contributed by atoms with E-state index in [9.17, 15) is 0 Å². The maximum absolute atomic E-state index is 2.56. The summed E-state index contributed by atoms with van der Waals surface area (Å²) in [5, 5.41) is 0. The second-order valence-electron chi connectivity index (χ2n) is 5.09. The number of hydrogen-bond acceptors (Lipinski definition) is 0. The molecule has 0 radical (unpaired) electrons. The SMILES string of the molecule is CC(C)(C)C(I)C(C)(C)C. The van der Waals surface area contributed by atoms with Gasteiger partial charge in [-0.15, -0.1) is 0 Å². The summed E-state index contributed by atoms with van der Waals surface area (Å²) in [7, 11) is 0. The smallest absolute Gasteiger partial charge is 0.0207 e. The average Bonchev–Trinajstić information content (AvgIpc) is 1.59. The van der Waals surface area contributed by atoms with E-state index >= 15 is 0 Å². The lowest BCUT2D eigenvalue weighted by Gasteiger charge is -2.36.